The maximum atomic E-state index is 10.5. The van der Waals surface area contributed by atoms with E-state index in [1.807, 2.05) is 18.2 Å². The minimum atomic E-state index is -0.900. The molecule has 0 saturated heterocycles. The Morgan fingerprint density at radius 1 is 1.31 bits per heavy atom. The van der Waals surface area contributed by atoms with E-state index >= 15 is 0 Å². The van der Waals surface area contributed by atoms with Crippen LogP contribution in [0.3, 0.4) is 0 Å². The van der Waals surface area contributed by atoms with E-state index in [0.717, 1.165) is 19.3 Å². The molecule has 1 N–H and O–H groups in total. The van der Waals surface area contributed by atoms with Gasteiger partial charge in [0.1, 0.15) is 0 Å². The number of carbonyl (C=O) groups is 1. The second kappa shape index (κ2) is 7.01. The van der Waals surface area contributed by atoms with Crippen molar-refractivity contribution in [3.8, 4) is 0 Å². The fraction of sp³-hybridized carbons (Fsp3) is 0.462. The maximum Gasteiger partial charge on any atom is 0.332 e. The highest BCUT2D eigenvalue weighted by Gasteiger charge is 2.09. The van der Waals surface area contributed by atoms with Crippen molar-refractivity contribution in [2.75, 3.05) is 6.61 Å². The Hall–Kier alpha value is -1.35. The van der Waals surface area contributed by atoms with Gasteiger partial charge in [-0.2, -0.15) is 0 Å². The van der Waals surface area contributed by atoms with Gasteiger partial charge in [0.2, 0.25) is 0 Å². The molecule has 0 bridgehead atoms. The molecule has 3 heteroatoms. The van der Waals surface area contributed by atoms with Gasteiger partial charge in [-0.3, -0.25) is 0 Å². The number of aliphatic carboxylic acids is 1. The van der Waals surface area contributed by atoms with E-state index < -0.39 is 12.1 Å². The number of ether oxygens (including phenoxy) is 1. The summed E-state index contributed by atoms with van der Waals surface area (Å²) in [6.45, 7) is 2.07. The van der Waals surface area contributed by atoms with Crippen LogP contribution in [-0.2, 0) is 16.0 Å². The highest BCUT2D eigenvalue weighted by atomic mass is 16.5. The lowest BCUT2D eigenvalue weighted by atomic mass is 10.1. The van der Waals surface area contributed by atoms with E-state index in [1.165, 1.54) is 5.56 Å². The minimum Gasteiger partial charge on any atom is -0.479 e. The molecule has 0 heterocycles. The normalized spacial score (nSPS) is 12.3. The standard InChI is InChI=1S/C13H18O3/c1-11(13(14)15)16-10-6-5-9-12-7-3-2-4-8-12/h2-4,7-8,11H,5-6,9-10H2,1H3,(H,14,15)/t11-/m0/s1. The Labute approximate surface area is 96.1 Å². The third kappa shape index (κ3) is 4.94. The first kappa shape index (κ1) is 12.7. The van der Waals surface area contributed by atoms with E-state index in [-0.39, 0.29) is 0 Å². The Balaban J connectivity index is 2.07. The summed E-state index contributed by atoms with van der Waals surface area (Å²) in [4.78, 5) is 10.5. The molecule has 1 aromatic carbocycles. The van der Waals surface area contributed by atoms with Crippen LogP contribution < -0.4 is 0 Å². The van der Waals surface area contributed by atoms with Crippen molar-refractivity contribution in [2.45, 2.75) is 32.3 Å². The van der Waals surface area contributed by atoms with Gasteiger partial charge in [0.15, 0.2) is 6.10 Å². The Morgan fingerprint density at radius 2 is 2.00 bits per heavy atom. The zero-order chi connectivity index (χ0) is 11.8. The first-order chi connectivity index (χ1) is 7.70. The van der Waals surface area contributed by atoms with Crippen molar-refractivity contribution in [3.05, 3.63) is 35.9 Å². The fourth-order valence-corrected chi connectivity index (χ4v) is 1.41. The topological polar surface area (TPSA) is 46.5 Å². The van der Waals surface area contributed by atoms with Crippen molar-refractivity contribution in [1.82, 2.24) is 0 Å². The summed E-state index contributed by atoms with van der Waals surface area (Å²) in [5.74, 6) is -0.900. The minimum absolute atomic E-state index is 0.514. The van der Waals surface area contributed by atoms with Gasteiger partial charge in [0.25, 0.3) is 0 Å². The van der Waals surface area contributed by atoms with E-state index in [2.05, 4.69) is 12.1 Å². The van der Waals surface area contributed by atoms with Gasteiger partial charge in [-0.15, -0.1) is 0 Å². The van der Waals surface area contributed by atoms with Crippen molar-refractivity contribution in [2.24, 2.45) is 0 Å². The summed E-state index contributed by atoms with van der Waals surface area (Å²) in [6.07, 6.45) is 2.24. The summed E-state index contributed by atoms with van der Waals surface area (Å²) in [7, 11) is 0. The molecule has 0 aliphatic rings. The number of rotatable bonds is 7. The number of carboxylic acid groups (broad SMARTS) is 1. The van der Waals surface area contributed by atoms with E-state index in [0.29, 0.717) is 6.61 Å². The second-order valence-corrected chi connectivity index (χ2v) is 3.79. The third-order valence-corrected chi connectivity index (χ3v) is 2.42. The van der Waals surface area contributed by atoms with Gasteiger partial charge < -0.3 is 9.84 Å². The molecule has 3 nitrogen and oxygen atoms in total. The number of benzene rings is 1. The average molecular weight is 222 g/mol. The highest BCUT2D eigenvalue weighted by molar-refractivity contribution is 5.71. The number of hydrogen-bond acceptors (Lipinski definition) is 2. The van der Waals surface area contributed by atoms with Crippen LogP contribution in [0.4, 0.5) is 0 Å². The van der Waals surface area contributed by atoms with E-state index in [4.69, 9.17) is 9.84 Å². The zero-order valence-electron chi connectivity index (χ0n) is 9.56. The Morgan fingerprint density at radius 3 is 2.62 bits per heavy atom. The van der Waals surface area contributed by atoms with Crippen LogP contribution in [0.2, 0.25) is 0 Å². The summed E-state index contributed by atoms with van der Waals surface area (Å²) in [6, 6.07) is 10.2. The lowest BCUT2D eigenvalue weighted by molar-refractivity contribution is -0.149. The van der Waals surface area contributed by atoms with Crippen molar-refractivity contribution < 1.29 is 14.6 Å². The van der Waals surface area contributed by atoms with Gasteiger partial charge in [0.05, 0.1) is 0 Å². The predicted molar refractivity (Wildman–Crippen MR) is 62.4 cm³/mol. The van der Waals surface area contributed by atoms with Crippen LogP contribution in [-0.4, -0.2) is 23.8 Å². The molecule has 1 atom stereocenters. The molecule has 0 aliphatic heterocycles. The van der Waals surface area contributed by atoms with Crippen LogP contribution in [0.25, 0.3) is 0 Å². The Kier molecular flexibility index (Phi) is 5.57. The average Bonchev–Trinajstić information content (AvgIpc) is 2.29. The first-order valence-corrected chi connectivity index (χ1v) is 5.58. The monoisotopic (exact) mass is 222 g/mol. The van der Waals surface area contributed by atoms with Crippen molar-refractivity contribution in [1.29, 1.82) is 0 Å². The molecule has 1 aromatic rings. The molecular weight excluding hydrogens is 204 g/mol. The smallest absolute Gasteiger partial charge is 0.332 e. The summed E-state index contributed by atoms with van der Waals surface area (Å²) in [5.41, 5.74) is 1.31. The van der Waals surface area contributed by atoms with Gasteiger partial charge in [-0.25, -0.2) is 4.79 Å². The quantitative estimate of drug-likeness (QED) is 0.721. The van der Waals surface area contributed by atoms with Crippen LogP contribution in [0, 0.1) is 0 Å². The van der Waals surface area contributed by atoms with Crippen LogP contribution in [0.15, 0.2) is 30.3 Å². The van der Waals surface area contributed by atoms with Crippen LogP contribution in [0.5, 0.6) is 0 Å². The van der Waals surface area contributed by atoms with E-state index in [1.54, 1.807) is 6.92 Å². The summed E-state index contributed by atoms with van der Waals surface area (Å²) >= 11 is 0. The molecule has 0 unspecified atom stereocenters. The van der Waals surface area contributed by atoms with Gasteiger partial charge in [-0.05, 0) is 31.7 Å². The molecule has 0 saturated carbocycles. The van der Waals surface area contributed by atoms with Gasteiger partial charge >= 0.3 is 5.97 Å². The molecule has 0 aromatic heterocycles. The molecule has 16 heavy (non-hydrogen) atoms. The third-order valence-electron chi connectivity index (χ3n) is 2.42. The number of carboxylic acids is 1. The number of hydrogen-bond donors (Lipinski definition) is 1. The van der Waals surface area contributed by atoms with Crippen molar-refractivity contribution >= 4 is 5.97 Å². The van der Waals surface area contributed by atoms with Gasteiger partial charge in [0, 0.05) is 6.61 Å². The molecule has 0 spiro atoms. The molecule has 0 aliphatic carbocycles. The second-order valence-electron chi connectivity index (χ2n) is 3.79. The molecule has 88 valence electrons. The SMILES string of the molecule is C[C@H](OCCCCc1ccccc1)C(=O)O. The lowest BCUT2D eigenvalue weighted by Crippen LogP contribution is -2.20. The zero-order valence-corrected chi connectivity index (χ0v) is 9.56. The van der Waals surface area contributed by atoms with Crippen LogP contribution >= 0.6 is 0 Å². The number of unbranched alkanes of at least 4 members (excludes halogenated alkanes) is 1. The van der Waals surface area contributed by atoms with Crippen LogP contribution in [0.1, 0.15) is 25.3 Å². The fourth-order valence-electron chi connectivity index (χ4n) is 1.41. The molecule has 0 fully saturated rings. The van der Waals surface area contributed by atoms with Gasteiger partial charge in [-0.1, -0.05) is 30.3 Å². The lowest BCUT2D eigenvalue weighted by Gasteiger charge is -2.07. The largest absolute Gasteiger partial charge is 0.479 e. The molecule has 1 rings (SSSR count). The highest BCUT2D eigenvalue weighted by Crippen LogP contribution is 2.05. The Bertz CT molecular complexity index is 308. The molecule has 0 amide bonds. The van der Waals surface area contributed by atoms with Crippen molar-refractivity contribution in [3.63, 3.8) is 0 Å². The summed E-state index contributed by atoms with van der Waals surface area (Å²) in [5, 5.41) is 8.59. The predicted octanol–water partition coefficient (Wildman–Crippen LogP) is 2.50. The van der Waals surface area contributed by atoms with E-state index in [9.17, 15) is 4.79 Å². The molecular formula is C13H18O3. The molecule has 0 radical (unpaired) electrons. The maximum absolute atomic E-state index is 10.5. The first-order valence-electron chi connectivity index (χ1n) is 5.58. The number of aryl methyl sites for hydroxylation is 1. The summed E-state index contributed by atoms with van der Waals surface area (Å²) < 4.78 is 5.14.